The van der Waals surface area contributed by atoms with Gasteiger partial charge in [-0.3, -0.25) is 14.4 Å². The van der Waals surface area contributed by atoms with Crippen molar-refractivity contribution in [1.82, 2.24) is 4.90 Å². The number of anilines is 1. The first-order chi connectivity index (χ1) is 17.3. The zero-order chi connectivity index (χ0) is 25.3. The van der Waals surface area contributed by atoms with Crippen LogP contribution in [0.3, 0.4) is 0 Å². The van der Waals surface area contributed by atoms with Crippen LogP contribution >= 0.6 is 34.8 Å². The van der Waals surface area contributed by atoms with Crippen LogP contribution in [-0.2, 0) is 9.59 Å². The van der Waals surface area contributed by atoms with E-state index in [-0.39, 0.29) is 21.3 Å². The van der Waals surface area contributed by atoms with Crippen molar-refractivity contribution in [2.45, 2.75) is 12.1 Å². The average Bonchev–Trinajstić information content (AvgIpc) is 3.33. The lowest BCUT2D eigenvalue weighted by Gasteiger charge is -2.35. The number of hydrogen-bond acceptors (Lipinski definition) is 4. The third-order valence-corrected chi connectivity index (χ3v) is 7.93. The molecule has 1 unspecified atom stereocenters. The SMILES string of the molecule is O=C(c1ccc(Cl)cc1Cl)[C@@H]1[C@@H]2C(=O)N(c3ccc(F)c(Cl)c3)C(=O)[C@@H]2C2c3ccccc3C=CN21. The van der Waals surface area contributed by atoms with E-state index in [1.54, 1.807) is 17.2 Å². The first-order valence-corrected chi connectivity index (χ1v) is 12.3. The number of nitrogens with zero attached hydrogens (tertiary/aromatic N) is 2. The lowest BCUT2D eigenvalue weighted by atomic mass is 9.83. The average molecular weight is 542 g/mol. The van der Waals surface area contributed by atoms with Gasteiger partial charge in [-0.15, -0.1) is 0 Å². The van der Waals surface area contributed by atoms with Crippen LogP contribution in [0.5, 0.6) is 0 Å². The van der Waals surface area contributed by atoms with Crippen molar-refractivity contribution in [2.75, 3.05) is 4.90 Å². The molecule has 9 heteroatoms. The number of halogens is 4. The summed E-state index contributed by atoms with van der Waals surface area (Å²) in [6.07, 6.45) is 3.63. The summed E-state index contributed by atoms with van der Waals surface area (Å²) in [4.78, 5) is 44.4. The van der Waals surface area contributed by atoms with Gasteiger partial charge in [-0.1, -0.05) is 59.1 Å². The van der Waals surface area contributed by atoms with Crippen LogP contribution in [0.15, 0.2) is 66.9 Å². The molecule has 3 heterocycles. The fourth-order valence-electron chi connectivity index (χ4n) is 5.58. The molecule has 2 saturated heterocycles. The summed E-state index contributed by atoms with van der Waals surface area (Å²) in [6, 6.07) is 14.2. The van der Waals surface area contributed by atoms with Gasteiger partial charge < -0.3 is 4.90 Å². The minimum absolute atomic E-state index is 0.160. The van der Waals surface area contributed by atoms with Crippen LogP contribution < -0.4 is 4.90 Å². The lowest BCUT2D eigenvalue weighted by molar-refractivity contribution is -0.123. The van der Waals surface area contributed by atoms with Crippen molar-refractivity contribution >= 4 is 64.2 Å². The highest BCUT2D eigenvalue weighted by atomic mass is 35.5. The smallest absolute Gasteiger partial charge is 0.240 e. The summed E-state index contributed by atoms with van der Waals surface area (Å²) in [7, 11) is 0. The minimum Gasteiger partial charge on any atom is -0.358 e. The maximum atomic E-state index is 13.9. The Labute approximate surface area is 220 Å². The van der Waals surface area contributed by atoms with Crippen LogP contribution in [0.25, 0.3) is 6.08 Å². The summed E-state index contributed by atoms with van der Waals surface area (Å²) in [6.45, 7) is 0. The number of imide groups is 1. The summed E-state index contributed by atoms with van der Waals surface area (Å²) in [5, 5.41) is 0.322. The maximum Gasteiger partial charge on any atom is 0.240 e. The summed E-state index contributed by atoms with van der Waals surface area (Å²) < 4.78 is 13.8. The standard InChI is InChI=1S/C27H16Cl3FN2O3/c28-14-5-7-17(18(29)11-14)25(34)24-22-21(23-16-4-2-1-3-13(16)9-10-32(23)24)26(35)33(27(22)36)15-6-8-20(31)19(30)12-15/h1-12,21-24H/t21-,22+,23?,24-/m0/s1. The molecule has 6 rings (SSSR count). The van der Waals surface area contributed by atoms with E-state index < -0.39 is 47.3 Å². The molecule has 4 atom stereocenters. The first-order valence-electron chi connectivity index (χ1n) is 11.1. The molecule has 3 aliphatic heterocycles. The quantitative estimate of drug-likeness (QED) is 0.293. The Hall–Kier alpha value is -3.19. The van der Waals surface area contributed by atoms with Crippen molar-refractivity contribution in [1.29, 1.82) is 0 Å². The molecule has 0 radical (unpaired) electrons. The maximum absolute atomic E-state index is 13.9. The normalized spacial score (nSPS) is 24.1. The number of hydrogen-bond donors (Lipinski definition) is 0. The number of carbonyl (C=O) groups excluding carboxylic acids is 3. The monoisotopic (exact) mass is 540 g/mol. The summed E-state index contributed by atoms with van der Waals surface area (Å²) >= 11 is 18.4. The zero-order valence-electron chi connectivity index (χ0n) is 18.4. The Morgan fingerprint density at radius 1 is 0.861 bits per heavy atom. The van der Waals surface area contributed by atoms with Crippen LogP contribution in [0.2, 0.25) is 15.1 Å². The Kier molecular flexibility index (Phi) is 5.45. The fraction of sp³-hybridized carbons (Fsp3) is 0.148. The highest BCUT2D eigenvalue weighted by Gasteiger charge is 2.64. The Balaban J connectivity index is 1.51. The van der Waals surface area contributed by atoms with Gasteiger partial charge in [0.2, 0.25) is 11.8 Å². The van der Waals surface area contributed by atoms with E-state index in [1.807, 2.05) is 30.3 Å². The molecule has 36 heavy (non-hydrogen) atoms. The fourth-order valence-corrected chi connectivity index (χ4v) is 6.26. The number of rotatable bonds is 3. The van der Waals surface area contributed by atoms with E-state index in [1.165, 1.54) is 24.3 Å². The highest BCUT2D eigenvalue weighted by Crippen LogP contribution is 2.54. The van der Waals surface area contributed by atoms with Gasteiger partial charge in [-0.25, -0.2) is 9.29 Å². The van der Waals surface area contributed by atoms with Gasteiger partial charge in [-0.2, -0.15) is 0 Å². The van der Waals surface area contributed by atoms with Crippen molar-refractivity contribution < 1.29 is 18.8 Å². The Morgan fingerprint density at radius 3 is 2.36 bits per heavy atom. The summed E-state index contributed by atoms with van der Waals surface area (Å²) in [5.74, 6) is -3.89. The molecule has 0 aromatic heterocycles. The first kappa shape index (κ1) is 23.2. The van der Waals surface area contributed by atoms with Crippen molar-refractivity contribution in [3.8, 4) is 0 Å². The number of Topliss-reactive ketones (excluding diaryl/α,β-unsaturated/α-hetero) is 1. The molecule has 0 saturated carbocycles. The van der Waals surface area contributed by atoms with Gasteiger partial charge in [0, 0.05) is 16.8 Å². The lowest BCUT2D eigenvalue weighted by Crippen LogP contribution is -2.44. The molecule has 0 spiro atoms. The molecule has 3 aromatic carbocycles. The van der Waals surface area contributed by atoms with Crippen LogP contribution in [-0.4, -0.2) is 28.5 Å². The topological polar surface area (TPSA) is 57.7 Å². The molecule has 0 aliphatic carbocycles. The van der Waals surface area contributed by atoms with E-state index >= 15 is 0 Å². The third kappa shape index (κ3) is 3.32. The van der Waals surface area contributed by atoms with E-state index in [4.69, 9.17) is 34.8 Å². The predicted octanol–water partition coefficient (Wildman–Crippen LogP) is 6.18. The Bertz CT molecular complexity index is 1510. The van der Waals surface area contributed by atoms with Gasteiger partial charge in [0.1, 0.15) is 11.9 Å². The van der Waals surface area contributed by atoms with Crippen molar-refractivity contribution in [3.63, 3.8) is 0 Å². The van der Waals surface area contributed by atoms with Crippen LogP contribution in [0.1, 0.15) is 27.5 Å². The van der Waals surface area contributed by atoms with Crippen molar-refractivity contribution in [3.05, 3.63) is 104 Å². The second-order valence-electron chi connectivity index (χ2n) is 8.93. The largest absolute Gasteiger partial charge is 0.358 e. The number of ketones is 1. The second kappa shape index (κ2) is 8.44. The molecule has 2 amide bonds. The van der Waals surface area contributed by atoms with Crippen LogP contribution in [0.4, 0.5) is 10.1 Å². The van der Waals surface area contributed by atoms with Gasteiger partial charge >= 0.3 is 0 Å². The Morgan fingerprint density at radius 2 is 1.61 bits per heavy atom. The van der Waals surface area contributed by atoms with E-state index in [0.29, 0.717) is 5.02 Å². The molecule has 0 bridgehead atoms. The molecule has 3 aliphatic rings. The molecule has 5 nitrogen and oxygen atoms in total. The molecular formula is C27H16Cl3FN2O3. The van der Waals surface area contributed by atoms with E-state index in [9.17, 15) is 18.8 Å². The molecule has 2 fully saturated rings. The number of carbonyl (C=O) groups is 3. The van der Waals surface area contributed by atoms with Gasteiger partial charge in [0.15, 0.2) is 5.78 Å². The predicted molar refractivity (Wildman–Crippen MR) is 136 cm³/mol. The molecular weight excluding hydrogens is 526 g/mol. The van der Waals surface area contributed by atoms with Gasteiger partial charge in [0.05, 0.1) is 33.6 Å². The minimum atomic E-state index is -0.986. The molecule has 180 valence electrons. The van der Waals surface area contributed by atoms with Gasteiger partial charge in [0.25, 0.3) is 0 Å². The van der Waals surface area contributed by atoms with Crippen LogP contribution in [0, 0.1) is 17.7 Å². The van der Waals surface area contributed by atoms with E-state index in [0.717, 1.165) is 22.1 Å². The van der Waals surface area contributed by atoms with E-state index in [2.05, 4.69) is 0 Å². The molecule has 0 N–H and O–H groups in total. The van der Waals surface area contributed by atoms with Crippen molar-refractivity contribution in [2.24, 2.45) is 11.8 Å². The zero-order valence-corrected chi connectivity index (χ0v) is 20.6. The highest BCUT2D eigenvalue weighted by molar-refractivity contribution is 6.37. The number of benzene rings is 3. The third-order valence-electron chi connectivity index (χ3n) is 7.09. The van der Waals surface area contributed by atoms with Gasteiger partial charge in [-0.05, 0) is 53.6 Å². The second-order valence-corrected chi connectivity index (χ2v) is 10.2. The number of fused-ring (bicyclic) bond motifs is 5. The molecule has 3 aromatic rings. The number of amides is 2. The summed E-state index contributed by atoms with van der Waals surface area (Å²) in [5.41, 5.74) is 2.11.